The average molecular weight is 368 g/mol. The smallest absolute Gasteiger partial charge is 0.323 e. The second-order valence-corrected chi connectivity index (χ2v) is 6.12. The van der Waals surface area contributed by atoms with Gasteiger partial charge in [-0.2, -0.15) is 0 Å². The van der Waals surface area contributed by atoms with E-state index in [0.717, 1.165) is 5.56 Å². The number of ether oxygens (including phenoxy) is 1. The topological polar surface area (TPSA) is 116 Å². The summed E-state index contributed by atoms with van der Waals surface area (Å²) in [4.78, 5) is 40.6. The van der Waals surface area contributed by atoms with Crippen molar-refractivity contribution in [3.63, 3.8) is 0 Å². The van der Waals surface area contributed by atoms with Crippen molar-refractivity contribution in [3.05, 3.63) is 58.5 Å². The van der Waals surface area contributed by atoms with Crippen molar-refractivity contribution in [1.82, 2.24) is 15.3 Å². The van der Waals surface area contributed by atoms with Crippen molar-refractivity contribution in [1.29, 1.82) is 0 Å². The number of aromatic nitrogens is 2. The summed E-state index contributed by atoms with van der Waals surface area (Å²) in [6.45, 7) is 1.41. The van der Waals surface area contributed by atoms with E-state index in [0.29, 0.717) is 22.5 Å². The molecule has 0 saturated carbocycles. The first-order valence-corrected chi connectivity index (χ1v) is 8.37. The van der Waals surface area contributed by atoms with Crippen molar-refractivity contribution >= 4 is 28.5 Å². The fourth-order valence-corrected chi connectivity index (χ4v) is 2.84. The molecule has 2 aromatic carbocycles. The summed E-state index contributed by atoms with van der Waals surface area (Å²) >= 11 is 0. The Hall–Kier alpha value is -3.55. The molecule has 3 aromatic rings. The number of H-pyrrole nitrogens is 2. The number of carbonyl (C=O) groups is 2. The largest absolute Gasteiger partial charge is 0.497 e. The number of benzene rings is 2. The Balaban J connectivity index is 1.74. The Morgan fingerprint density at radius 3 is 2.44 bits per heavy atom. The van der Waals surface area contributed by atoms with Crippen LogP contribution in [0.2, 0.25) is 0 Å². The van der Waals surface area contributed by atoms with Crippen LogP contribution in [0.5, 0.6) is 5.75 Å². The molecule has 2 amide bonds. The Kier molecular flexibility index (Phi) is 5.25. The summed E-state index contributed by atoms with van der Waals surface area (Å²) in [5, 5.41) is 5.58. The SMILES string of the molecule is COc1ccc([C@@H](CC(=O)Nc2ccc3[nH]c(=O)[nH]c3c2)NC(C)=O)cc1. The Morgan fingerprint density at radius 2 is 1.78 bits per heavy atom. The van der Waals surface area contributed by atoms with Crippen LogP contribution >= 0.6 is 0 Å². The van der Waals surface area contributed by atoms with Crippen molar-refractivity contribution in [2.24, 2.45) is 0 Å². The van der Waals surface area contributed by atoms with E-state index < -0.39 is 6.04 Å². The van der Waals surface area contributed by atoms with Crippen LogP contribution in [0.25, 0.3) is 11.0 Å². The van der Waals surface area contributed by atoms with E-state index in [4.69, 9.17) is 4.74 Å². The lowest BCUT2D eigenvalue weighted by molar-refractivity contribution is -0.120. The number of amides is 2. The lowest BCUT2D eigenvalue weighted by Crippen LogP contribution is -2.29. The molecule has 1 heterocycles. The molecule has 0 aliphatic heterocycles. The maximum Gasteiger partial charge on any atom is 0.323 e. The number of methoxy groups -OCH3 is 1. The highest BCUT2D eigenvalue weighted by atomic mass is 16.5. The van der Waals surface area contributed by atoms with Crippen molar-refractivity contribution in [2.45, 2.75) is 19.4 Å². The molecule has 8 heteroatoms. The van der Waals surface area contributed by atoms with Gasteiger partial charge in [-0.3, -0.25) is 9.59 Å². The van der Waals surface area contributed by atoms with E-state index in [1.165, 1.54) is 6.92 Å². The molecular weight excluding hydrogens is 348 g/mol. The molecule has 0 saturated heterocycles. The number of fused-ring (bicyclic) bond motifs is 1. The van der Waals surface area contributed by atoms with E-state index >= 15 is 0 Å². The molecule has 0 unspecified atom stereocenters. The number of imidazole rings is 1. The van der Waals surface area contributed by atoms with Crippen LogP contribution in [0.4, 0.5) is 5.69 Å². The van der Waals surface area contributed by atoms with E-state index in [9.17, 15) is 14.4 Å². The predicted octanol–water partition coefficient (Wildman–Crippen LogP) is 2.07. The number of carbonyl (C=O) groups excluding carboxylic acids is 2. The van der Waals surface area contributed by atoms with Crippen LogP contribution in [-0.4, -0.2) is 28.9 Å². The van der Waals surface area contributed by atoms with Gasteiger partial charge < -0.3 is 25.3 Å². The summed E-state index contributed by atoms with van der Waals surface area (Å²) in [7, 11) is 1.57. The second kappa shape index (κ2) is 7.77. The molecule has 0 aliphatic rings. The van der Waals surface area contributed by atoms with Gasteiger partial charge in [-0.05, 0) is 35.9 Å². The summed E-state index contributed by atoms with van der Waals surface area (Å²) in [6, 6.07) is 11.8. The molecule has 0 radical (unpaired) electrons. The molecule has 1 atom stereocenters. The third-order valence-electron chi connectivity index (χ3n) is 4.08. The highest BCUT2D eigenvalue weighted by Gasteiger charge is 2.17. The number of hydrogen-bond acceptors (Lipinski definition) is 4. The van der Waals surface area contributed by atoms with Gasteiger partial charge in [0.25, 0.3) is 0 Å². The van der Waals surface area contributed by atoms with Crippen LogP contribution in [0, 0.1) is 0 Å². The quantitative estimate of drug-likeness (QED) is 0.533. The number of anilines is 1. The van der Waals surface area contributed by atoms with E-state index in [-0.39, 0.29) is 23.9 Å². The van der Waals surface area contributed by atoms with Gasteiger partial charge in [0.15, 0.2) is 0 Å². The van der Waals surface area contributed by atoms with E-state index in [2.05, 4.69) is 20.6 Å². The number of rotatable bonds is 6. The van der Waals surface area contributed by atoms with Crippen LogP contribution in [0.1, 0.15) is 24.9 Å². The Bertz CT molecular complexity index is 1020. The number of aromatic amines is 2. The molecular formula is C19H20N4O4. The summed E-state index contributed by atoms with van der Waals surface area (Å²) in [6.07, 6.45) is 0.0631. The van der Waals surface area contributed by atoms with Crippen LogP contribution in [0.3, 0.4) is 0 Å². The van der Waals surface area contributed by atoms with Gasteiger partial charge >= 0.3 is 5.69 Å². The molecule has 4 N–H and O–H groups in total. The number of hydrogen-bond donors (Lipinski definition) is 4. The maximum absolute atomic E-state index is 12.5. The Morgan fingerprint density at radius 1 is 1.07 bits per heavy atom. The first kappa shape index (κ1) is 18.2. The molecule has 0 bridgehead atoms. The zero-order chi connectivity index (χ0) is 19.4. The highest BCUT2D eigenvalue weighted by Crippen LogP contribution is 2.22. The normalized spacial score (nSPS) is 11.8. The predicted molar refractivity (Wildman–Crippen MR) is 102 cm³/mol. The minimum Gasteiger partial charge on any atom is -0.497 e. The van der Waals surface area contributed by atoms with Crippen molar-refractivity contribution in [2.75, 3.05) is 12.4 Å². The summed E-state index contributed by atoms with van der Waals surface area (Å²) in [5.41, 5.74) is 2.31. The van der Waals surface area contributed by atoms with Gasteiger partial charge in [0, 0.05) is 12.6 Å². The standard InChI is InChI=1S/C19H20N4O4/c1-11(24)20-16(12-3-6-14(27-2)7-4-12)10-18(25)21-13-5-8-15-17(9-13)23-19(26)22-15/h3-9,16H,10H2,1-2H3,(H,20,24)(H,21,25)(H2,22,23,26)/t16-/m1/s1. The molecule has 8 nitrogen and oxygen atoms in total. The lowest BCUT2D eigenvalue weighted by Gasteiger charge is -2.18. The third-order valence-corrected chi connectivity index (χ3v) is 4.08. The van der Waals surface area contributed by atoms with Crippen molar-refractivity contribution in [3.8, 4) is 5.75 Å². The maximum atomic E-state index is 12.5. The minimum absolute atomic E-state index is 0.0631. The first-order valence-electron chi connectivity index (χ1n) is 8.37. The van der Waals surface area contributed by atoms with Crippen LogP contribution in [-0.2, 0) is 9.59 Å². The van der Waals surface area contributed by atoms with E-state index in [1.807, 2.05) is 12.1 Å². The van der Waals surface area contributed by atoms with E-state index in [1.54, 1.807) is 37.4 Å². The average Bonchev–Trinajstić information content (AvgIpc) is 3.00. The molecule has 3 rings (SSSR count). The fourth-order valence-electron chi connectivity index (χ4n) is 2.84. The lowest BCUT2D eigenvalue weighted by atomic mass is 10.0. The summed E-state index contributed by atoms with van der Waals surface area (Å²) < 4.78 is 5.13. The fraction of sp³-hybridized carbons (Fsp3) is 0.211. The number of nitrogens with one attached hydrogen (secondary N) is 4. The van der Waals surface area contributed by atoms with Crippen molar-refractivity contribution < 1.29 is 14.3 Å². The zero-order valence-electron chi connectivity index (χ0n) is 15.0. The highest BCUT2D eigenvalue weighted by molar-refractivity contribution is 5.93. The molecule has 1 aromatic heterocycles. The van der Waals surface area contributed by atoms with Gasteiger partial charge in [-0.15, -0.1) is 0 Å². The summed E-state index contributed by atoms with van der Waals surface area (Å²) in [5.74, 6) is 0.204. The Labute approximate surface area is 154 Å². The van der Waals surface area contributed by atoms with Crippen LogP contribution < -0.4 is 21.1 Å². The van der Waals surface area contributed by atoms with Gasteiger partial charge in [-0.1, -0.05) is 12.1 Å². The molecule has 27 heavy (non-hydrogen) atoms. The third kappa shape index (κ3) is 4.55. The van der Waals surface area contributed by atoms with Gasteiger partial charge in [-0.25, -0.2) is 4.79 Å². The molecule has 140 valence electrons. The molecule has 0 aliphatic carbocycles. The van der Waals surface area contributed by atoms with Gasteiger partial charge in [0.2, 0.25) is 11.8 Å². The van der Waals surface area contributed by atoms with Gasteiger partial charge in [0.1, 0.15) is 5.75 Å². The molecule has 0 spiro atoms. The zero-order valence-corrected chi connectivity index (χ0v) is 15.0. The monoisotopic (exact) mass is 368 g/mol. The second-order valence-electron chi connectivity index (χ2n) is 6.12. The first-order chi connectivity index (χ1) is 12.9. The van der Waals surface area contributed by atoms with Crippen LogP contribution in [0.15, 0.2) is 47.3 Å². The minimum atomic E-state index is -0.468. The molecule has 0 fully saturated rings. The van der Waals surface area contributed by atoms with Gasteiger partial charge in [0.05, 0.1) is 30.6 Å².